The van der Waals surface area contributed by atoms with E-state index in [0.29, 0.717) is 5.56 Å². The second-order valence-corrected chi connectivity index (χ2v) is 3.51. The van der Waals surface area contributed by atoms with Crippen LogP contribution in [-0.4, -0.2) is 28.9 Å². The molecule has 4 heteroatoms. The lowest BCUT2D eigenvalue weighted by molar-refractivity contribution is -0.159. The van der Waals surface area contributed by atoms with Gasteiger partial charge in [0.25, 0.3) is 0 Å². The zero-order valence-corrected chi connectivity index (χ0v) is 9.67. The molecule has 17 heavy (non-hydrogen) atoms. The molecule has 2 unspecified atom stereocenters. The molecule has 1 aromatic rings. The lowest BCUT2D eigenvalue weighted by Crippen LogP contribution is -2.29. The van der Waals surface area contributed by atoms with Crippen LogP contribution in [-0.2, 0) is 9.53 Å². The van der Waals surface area contributed by atoms with Gasteiger partial charge in [0.2, 0.25) is 0 Å². The number of hydrogen-bond donors (Lipinski definition) is 2. The Hall–Kier alpha value is -1.65. The number of aliphatic hydroxyl groups is 2. The number of hydrogen-bond acceptors (Lipinski definition) is 4. The molecule has 0 amide bonds. The van der Waals surface area contributed by atoms with E-state index in [2.05, 4.69) is 11.3 Å². The van der Waals surface area contributed by atoms with Gasteiger partial charge in [0.1, 0.15) is 6.10 Å². The first-order chi connectivity index (χ1) is 8.10. The van der Waals surface area contributed by atoms with Gasteiger partial charge in [-0.05, 0) is 18.1 Å². The Bertz CT molecular complexity index is 383. The minimum atomic E-state index is -1.57. The average Bonchev–Trinajstić information content (AvgIpc) is 2.37. The van der Waals surface area contributed by atoms with E-state index in [1.807, 2.05) is 0 Å². The monoisotopic (exact) mass is 236 g/mol. The van der Waals surface area contributed by atoms with E-state index in [4.69, 9.17) is 0 Å². The van der Waals surface area contributed by atoms with E-state index in [0.717, 1.165) is 5.56 Å². The van der Waals surface area contributed by atoms with Crippen molar-refractivity contribution in [1.29, 1.82) is 0 Å². The van der Waals surface area contributed by atoms with Crippen LogP contribution in [0.15, 0.2) is 30.8 Å². The van der Waals surface area contributed by atoms with Gasteiger partial charge in [-0.25, -0.2) is 4.79 Å². The molecule has 0 fully saturated rings. The summed E-state index contributed by atoms with van der Waals surface area (Å²) in [4.78, 5) is 11.2. The molecule has 92 valence electrons. The van der Waals surface area contributed by atoms with Crippen molar-refractivity contribution in [3.05, 3.63) is 42.0 Å². The summed E-state index contributed by atoms with van der Waals surface area (Å²) >= 11 is 0. The Morgan fingerprint density at radius 3 is 2.47 bits per heavy atom. The molecule has 0 aliphatic heterocycles. The third kappa shape index (κ3) is 3.41. The van der Waals surface area contributed by atoms with Gasteiger partial charge in [-0.2, -0.15) is 0 Å². The Morgan fingerprint density at radius 1 is 1.41 bits per heavy atom. The van der Waals surface area contributed by atoms with E-state index in [-0.39, 0.29) is 6.61 Å². The van der Waals surface area contributed by atoms with Crippen molar-refractivity contribution >= 4 is 12.0 Å². The number of benzene rings is 1. The van der Waals surface area contributed by atoms with Crippen molar-refractivity contribution in [1.82, 2.24) is 0 Å². The van der Waals surface area contributed by atoms with Crippen molar-refractivity contribution in [2.45, 2.75) is 19.1 Å². The van der Waals surface area contributed by atoms with Crippen LogP contribution in [0.1, 0.15) is 24.2 Å². The summed E-state index contributed by atoms with van der Waals surface area (Å²) in [6.07, 6.45) is -1.18. The van der Waals surface area contributed by atoms with Gasteiger partial charge in [0.15, 0.2) is 6.10 Å². The number of aliphatic hydroxyl groups excluding tert-OH is 2. The van der Waals surface area contributed by atoms with Crippen LogP contribution in [0.4, 0.5) is 0 Å². The maximum absolute atomic E-state index is 11.2. The highest BCUT2D eigenvalue weighted by Gasteiger charge is 2.26. The highest BCUT2D eigenvalue weighted by atomic mass is 16.5. The second kappa shape index (κ2) is 6.18. The fourth-order valence-electron chi connectivity index (χ4n) is 1.37. The van der Waals surface area contributed by atoms with E-state index in [1.54, 1.807) is 37.3 Å². The van der Waals surface area contributed by atoms with Crippen molar-refractivity contribution in [2.75, 3.05) is 6.61 Å². The predicted molar refractivity (Wildman–Crippen MR) is 64.1 cm³/mol. The first kappa shape index (κ1) is 13.4. The topological polar surface area (TPSA) is 66.8 Å². The van der Waals surface area contributed by atoms with Crippen LogP contribution < -0.4 is 0 Å². The van der Waals surface area contributed by atoms with Crippen LogP contribution >= 0.6 is 0 Å². The molecule has 0 heterocycles. The molecule has 0 saturated carbocycles. The third-order valence-corrected chi connectivity index (χ3v) is 2.34. The molecule has 0 aliphatic carbocycles. The molecule has 0 radical (unpaired) electrons. The molecule has 4 nitrogen and oxygen atoms in total. The fourth-order valence-corrected chi connectivity index (χ4v) is 1.37. The molecule has 1 aromatic carbocycles. The van der Waals surface area contributed by atoms with Crippen molar-refractivity contribution < 1.29 is 19.7 Å². The minimum absolute atomic E-state index is 0.165. The normalized spacial score (nSPS) is 13.8. The number of carbonyl (C=O) groups excluding carboxylic acids is 1. The second-order valence-electron chi connectivity index (χ2n) is 3.51. The summed E-state index contributed by atoms with van der Waals surface area (Å²) in [6.45, 7) is 5.41. The standard InChI is InChI=1S/C13H16O4/c1-3-9-5-7-10(8-6-9)11(14)12(15)13(16)17-4-2/h3,5-8,11-12,14-15H,1,4H2,2H3. The summed E-state index contributed by atoms with van der Waals surface area (Å²) in [5, 5.41) is 19.3. The van der Waals surface area contributed by atoms with E-state index in [1.165, 1.54) is 0 Å². The predicted octanol–water partition coefficient (Wildman–Crippen LogP) is 1.29. The van der Waals surface area contributed by atoms with E-state index in [9.17, 15) is 15.0 Å². The lowest BCUT2D eigenvalue weighted by atomic mass is 10.0. The van der Waals surface area contributed by atoms with Crippen molar-refractivity contribution in [3.8, 4) is 0 Å². The maximum atomic E-state index is 11.2. The van der Waals surface area contributed by atoms with E-state index >= 15 is 0 Å². The van der Waals surface area contributed by atoms with E-state index < -0.39 is 18.2 Å². The smallest absolute Gasteiger partial charge is 0.338 e. The molecular formula is C13H16O4. The maximum Gasteiger partial charge on any atom is 0.338 e. The van der Waals surface area contributed by atoms with Crippen LogP contribution in [0.25, 0.3) is 6.08 Å². The summed E-state index contributed by atoms with van der Waals surface area (Å²) in [6, 6.07) is 6.74. The third-order valence-electron chi connectivity index (χ3n) is 2.34. The van der Waals surface area contributed by atoms with Gasteiger partial charge in [-0.3, -0.25) is 0 Å². The average molecular weight is 236 g/mol. The number of esters is 1. The summed E-state index contributed by atoms with van der Waals surface area (Å²) < 4.78 is 4.63. The molecule has 1 rings (SSSR count). The lowest BCUT2D eigenvalue weighted by Gasteiger charge is -2.16. The fraction of sp³-hybridized carbons (Fsp3) is 0.308. The van der Waals surface area contributed by atoms with Gasteiger partial charge >= 0.3 is 5.97 Å². The molecule has 2 atom stereocenters. The van der Waals surface area contributed by atoms with Gasteiger partial charge in [0, 0.05) is 0 Å². The Labute approximate surface area is 100 Å². The molecule has 0 aliphatic rings. The summed E-state index contributed by atoms with van der Waals surface area (Å²) in [5.41, 5.74) is 1.35. The summed E-state index contributed by atoms with van der Waals surface area (Å²) in [5.74, 6) is -0.826. The first-order valence-corrected chi connectivity index (χ1v) is 5.35. The van der Waals surface area contributed by atoms with Crippen LogP contribution in [0.3, 0.4) is 0 Å². The molecular weight excluding hydrogens is 220 g/mol. The van der Waals surface area contributed by atoms with Crippen LogP contribution in [0.2, 0.25) is 0 Å². The number of rotatable bonds is 5. The highest BCUT2D eigenvalue weighted by Crippen LogP contribution is 2.18. The van der Waals surface area contributed by atoms with Crippen molar-refractivity contribution in [2.24, 2.45) is 0 Å². The summed E-state index contributed by atoms with van der Waals surface area (Å²) in [7, 11) is 0. The largest absolute Gasteiger partial charge is 0.464 e. The minimum Gasteiger partial charge on any atom is -0.464 e. The molecule has 0 aromatic heterocycles. The molecule has 2 N–H and O–H groups in total. The zero-order chi connectivity index (χ0) is 12.8. The van der Waals surface area contributed by atoms with Crippen molar-refractivity contribution in [3.63, 3.8) is 0 Å². The Morgan fingerprint density at radius 2 is 2.00 bits per heavy atom. The highest BCUT2D eigenvalue weighted by molar-refractivity contribution is 5.75. The van der Waals surface area contributed by atoms with Gasteiger partial charge in [-0.1, -0.05) is 36.9 Å². The van der Waals surface area contributed by atoms with Crippen LogP contribution in [0, 0.1) is 0 Å². The van der Waals surface area contributed by atoms with Crippen LogP contribution in [0.5, 0.6) is 0 Å². The molecule has 0 saturated heterocycles. The quantitative estimate of drug-likeness (QED) is 0.756. The SMILES string of the molecule is C=Cc1ccc(C(O)C(O)C(=O)OCC)cc1. The van der Waals surface area contributed by atoms with Gasteiger partial charge < -0.3 is 14.9 Å². The number of ether oxygens (including phenoxy) is 1. The number of carbonyl (C=O) groups is 1. The molecule has 0 bridgehead atoms. The van der Waals surface area contributed by atoms with Gasteiger partial charge in [0.05, 0.1) is 6.61 Å². The van der Waals surface area contributed by atoms with Gasteiger partial charge in [-0.15, -0.1) is 0 Å². The zero-order valence-electron chi connectivity index (χ0n) is 9.67. The first-order valence-electron chi connectivity index (χ1n) is 5.35. The Balaban J connectivity index is 2.77. The Kier molecular flexibility index (Phi) is 4.87. The molecule has 0 spiro atoms.